The summed E-state index contributed by atoms with van der Waals surface area (Å²) in [7, 11) is 0. The number of carbonyl (C=O) groups excluding carboxylic acids is 1. The molecule has 1 N–H and O–H groups in total. The largest absolute Gasteiger partial charge is 0.355 e. The summed E-state index contributed by atoms with van der Waals surface area (Å²) in [6.07, 6.45) is -1.99. The van der Waals surface area contributed by atoms with Gasteiger partial charge in [-0.1, -0.05) is 0 Å². The van der Waals surface area contributed by atoms with Crippen LogP contribution < -0.4 is 5.43 Å². The molecule has 0 spiro atoms. The van der Waals surface area contributed by atoms with Crippen LogP contribution in [0, 0.1) is 0 Å². The van der Waals surface area contributed by atoms with Gasteiger partial charge in [0.15, 0.2) is 0 Å². The summed E-state index contributed by atoms with van der Waals surface area (Å²) in [4.78, 5) is 24.2. The first-order chi connectivity index (χ1) is 6.45. The van der Waals surface area contributed by atoms with E-state index >= 15 is 0 Å². The lowest BCUT2D eigenvalue weighted by Gasteiger charge is -2.02. The smallest absolute Gasteiger partial charge is 0.270 e. The number of aromatic nitrogens is 1. The van der Waals surface area contributed by atoms with E-state index < -0.39 is 28.2 Å². The number of nitrogens with one attached hydrogen (secondary N) is 1. The van der Waals surface area contributed by atoms with E-state index in [-0.39, 0.29) is 4.60 Å². The highest BCUT2D eigenvalue weighted by Gasteiger charge is 2.20. The lowest BCUT2D eigenvalue weighted by molar-refractivity contribution is 0.107. The van der Waals surface area contributed by atoms with E-state index in [1.54, 1.807) is 0 Å². The molecule has 0 aliphatic heterocycles. The first-order valence-corrected chi connectivity index (χ1v) is 4.51. The van der Waals surface area contributed by atoms with Crippen LogP contribution in [0.4, 0.5) is 8.78 Å². The first kappa shape index (κ1) is 11.3. The summed E-state index contributed by atoms with van der Waals surface area (Å²) in [5.74, 6) is 0. The number of H-pyrrole nitrogens is 1. The van der Waals surface area contributed by atoms with Gasteiger partial charge >= 0.3 is 0 Å². The number of rotatable bonds is 2. The predicted octanol–water partition coefficient (Wildman–Crippen LogP) is 2.45. The van der Waals surface area contributed by atoms with E-state index in [2.05, 4.69) is 20.9 Å². The molecule has 0 bridgehead atoms. The average molecular weight is 286 g/mol. The number of halogens is 4. The molecule has 7 heteroatoms. The third kappa shape index (κ3) is 2.01. The van der Waals surface area contributed by atoms with E-state index in [1.807, 2.05) is 0 Å². The SMILES string of the molecule is O=C(Cl)c1c[nH]c(Br)c(C(F)F)c1=O. The fourth-order valence-corrected chi connectivity index (χ4v) is 1.47. The zero-order chi connectivity index (χ0) is 10.9. The second-order valence-corrected chi connectivity index (χ2v) is 3.47. The molecule has 0 aromatic carbocycles. The van der Waals surface area contributed by atoms with Crippen molar-refractivity contribution < 1.29 is 13.6 Å². The number of hydrogen-bond acceptors (Lipinski definition) is 2. The van der Waals surface area contributed by atoms with Crippen molar-refractivity contribution in [2.24, 2.45) is 0 Å². The highest BCUT2D eigenvalue weighted by molar-refractivity contribution is 9.10. The van der Waals surface area contributed by atoms with Crippen molar-refractivity contribution in [3.8, 4) is 0 Å². The van der Waals surface area contributed by atoms with Gasteiger partial charge in [0.2, 0.25) is 5.43 Å². The van der Waals surface area contributed by atoms with Crippen LogP contribution in [0.1, 0.15) is 22.3 Å². The second-order valence-electron chi connectivity index (χ2n) is 2.33. The van der Waals surface area contributed by atoms with Gasteiger partial charge in [0.1, 0.15) is 0 Å². The Labute approximate surface area is 90.2 Å². The molecule has 3 nitrogen and oxygen atoms in total. The number of hydrogen-bond donors (Lipinski definition) is 1. The zero-order valence-corrected chi connectivity index (χ0v) is 8.82. The Morgan fingerprint density at radius 1 is 1.57 bits per heavy atom. The van der Waals surface area contributed by atoms with Crippen LogP contribution >= 0.6 is 27.5 Å². The van der Waals surface area contributed by atoms with Crippen molar-refractivity contribution in [1.82, 2.24) is 4.98 Å². The molecule has 0 unspecified atom stereocenters. The molecule has 1 aromatic heterocycles. The highest BCUT2D eigenvalue weighted by Crippen LogP contribution is 2.22. The third-order valence-corrected chi connectivity index (χ3v) is 2.36. The Balaban J connectivity index is 3.50. The maximum Gasteiger partial charge on any atom is 0.270 e. The van der Waals surface area contributed by atoms with Gasteiger partial charge in [-0.05, 0) is 27.5 Å². The van der Waals surface area contributed by atoms with E-state index in [9.17, 15) is 18.4 Å². The fraction of sp³-hybridized carbons (Fsp3) is 0.143. The number of carbonyl (C=O) groups is 1. The van der Waals surface area contributed by atoms with Gasteiger partial charge in [0.25, 0.3) is 11.7 Å². The monoisotopic (exact) mass is 285 g/mol. The Bertz CT molecular complexity index is 432. The molecule has 0 radical (unpaired) electrons. The van der Waals surface area contributed by atoms with Crippen molar-refractivity contribution in [2.45, 2.75) is 6.43 Å². The molecule has 76 valence electrons. The van der Waals surface area contributed by atoms with Crippen LogP contribution in [0.15, 0.2) is 15.6 Å². The Kier molecular flexibility index (Phi) is 3.38. The highest BCUT2D eigenvalue weighted by atomic mass is 79.9. The van der Waals surface area contributed by atoms with E-state index in [4.69, 9.17) is 11.6 Å². The lowest BCUT2D eigenvalue weighted by Crippen LogP contribution is -2.18. The summed E-state index contributed by atoms with van der Waals surface area (Å²) in [5, 5.41) is -1.07. The molecule has 14 heavy (non-hydrogen) atoms. The van der Waals surface area contributed by atoms with E-state index in [1.165, 1.54) is 0 Å². The Hall–Kier alpha value is -0.750. The summed E-state index contributed by atoms with van der Waals surface area (Å²) in [6, 6.07) is 0. The minimum Gasteiger partial charge on any atom is -0.355 e. The quantitative estimate of drug-likeness (QED) is 0.670. The first-order valence-electron chi connectivity index (χ1n) is 3.34. The topological polar surface area (TPSA) is 49.9 Å². The Morgan fingerprint density at radius 3 is 2.57 bits per heavy atom. The van der Waals surface area contributed by atoms with E-state index in [0.717, 1.165) is 6.20 Å². The number of aromatic amines is 1. The molecule has 0 aliphatic rings. The zero-order valence-electron chi connectivity index (χ0n) is 6.48. The van der Waals surface area contributed by atoms with Crippen molar-refractivity contribution in [1.29, 1.82) is 0 Å². The standard InChI is InChI=1S/C7H3BrClF2NO2/c8-5-3(7(10)11)4(13)2(1-12-5)6(9)14/h1,7H,(H,12,13). The van der Waals surface area contributed by atoms with Gasteiger partial charge in [-0.15, -0.1) is 0 Å². The molecular formula is C7H3BrClF2NO2. The van der Waals surface area contributed by atoms with Gasteiger partial charge in [0.05, 0.1) is 15.7 Å². The summed E-state index contributed by atoms with van der Waals surface area (Å²) in [6.45, 7) is 0. The van der Waals surface area contributed by atoms with Gasteiger partial charge < -0.3 is 4.98 Å². The van der Waals surface area contributed by atoms with Gasteiger partial charge in [-0.2, -0.15) is 0 Å². The summed E-state index contributed by atoms with van der Waals surface area (Å²) in [5.41, 5.74) is -2.35. The molecule has 0 amide bonds. The van der Waals surface area contributed by atoms with Crippen molar-refractivity contribution >= 4 is 32.8 Å². The van der Waals surface area contributed by atoms with Crippen LogP contribution in [0.2, 0.25) is 0 Å². The number of alkyl halides is 2. The average Bonchev–Trinajstić information content (AvgIpc) is 2.02. The maximum absolute atomic E-state index is 12.3. The molecule has 0 atom stereocenters. The van der Waals surface area contributed by atoms with Crippen LogP contribution in [0.25, 0.3) is 0 Å². The molecule has 0 fully saturated rings. The summed E-state index contributed by atoms with van der Waals surface area (Å²) < 4.78 is 24.5. The molecule has 0 aliphatic carbocycles. The molecule has 1 heterocycles. The lowest BCUT2D eigenvalue weighted by atomic mass is 10.2. The maximum atomic E-state index is 12.3. The molecule has 1 aromatic rings. The van der Waals surface area contributed by atoms with Crippen molar-refractivity contribution in [3.05, 3.63) is 32.2 Å². The van der Waals surface area contributed by atoms with Gasteiger partial charge in [-0.3, -0.25) is 9.59 Å². The van der Waals surface area contributed by atoms with Crippen LogP contribution in [-0.4, -0.2) is 10.2 Å². The van der Waals surface area contributed by atoms with Crippen molar-refractivity contribution in [3.63, 3.8) is 0 Å². The van der Waals surface area contributed by atoms with Crippen LogP contribution in [0.3, 0.4) is 0 Å². The normalized spacial score (nSPS) is 10.6. The second kappa shape index (κ2) is 4.18. The fourth-order valence-electron chi connectivity index (χ4n) is 0.864. The molecular weight excluding hydrogens is 283 g/mol. The van der Waals surface area contributed by atoms with E-state index in [0.29, 0.717) is 0 Å². The minimum absolute atomic E-state index is 0.154. The van der Waals surface area contributed by atoms with Gasteiger partial charge in [-0.25, -0.2) is 8.78 Å². The molecule has 0 saturated carbocycles. The van der Waals surface area contributed by atoms with Crippen LogP contribution in [0.5, 0.6) is 0 Å². The Morgan fingerprint density at radius 2 is 2.14 bits per heavy atom. The molecule has 1 rings (SSSR count). The third-order valence-electron chi connectivity index (χ3n) is 1.50. The van der Waals surface area contributed by atoms with Crippen LogP contribution in [-0.2, 0) is 0 Å². The molecule has 0 saturated heterocycles. The summed E-state index contributed by atoms with van der Waals surface area (Å²) >= 11 is 7.76. The van der Waals surface area contributed by atoms with Gasteiger partial charge in [0, 0.05) is 6.20 Å². The van der Waals surface area contributed by atoms with Crippen molar-refractivity contribution in [2.75, 3.05) is 0 Å². The number of pyridine rings is 1. The predicted molar refractivity (Wildman–Crippen MR) is 49.9 cm³/mol. The minimum atomic E-state index is -2.97.